The Hall–Kier alpha value is -2.58. The number of hydrogen-bond acceptors (Lipinski definition) is 5. The number of nitrogens with two attached hydrogens (primary N) is 1. The summed E-state index contributed by atoms with van der Waals surface area (Å²) in [6.45, 7) is 2.26. The first-order valence-corrected chi connectivity index (χ1v) is 10.3. The second-order valence-electron chi connectivity index (χ2n) is 6.69. The molecule has 2 aromatic rings. The van der Waals surface area contributed by atoms with Crippen LogP contribution in [0, 0.1) is 0 Å². The number of amidine groups is 1. The third kappa shape index (κ3) is 3.33. The van der Waals surface area contributed by atoms with Gasteiger partial charge in [0.2, 0.25) is 0 Å². The highest BCUT2D eigenvalue weighted by Crippen LogP contribution is 2.32. The number of amides is 1. The van der Waals surface area contributed by atoms with Crippen LogP contribution in [0.1, 0.15) is 24.5 Å². The quantitative estimate of drug-likeness (QED) is 0.725. The topological polar surface area (TPSA) is 105 Å². The molecule has 2 aliphatic rings. The monoisotopic (exact) mass is 420 g/mol. The van der Waals surface area contributed by atoms with E-state index in [9.17, 15) is 13.2 Å². The number of sulfonamides is 1. The van der Waals surface area contributed by atoms with Crippen LogP contribution in [-0.2, 0) is 21.2 Å². The van der Waals surface area contributed by atoms with Crippen molar-refractivity contribution in [1.29, 1.82) is 0 Å². The van der Waals surface area contributed by atoms with Crippen LogP contribution >= 0.6 is 12.4 Å². The van der Waals surface area contributed by atoms with E-state index in [1.807, 2.05) is 18.2 Å². The molecule has 1 amide bonds. The summed E-state index contributed by atoms with van der Waals surface area (Å²) < 4.78 is 26.9. The Kier molecular flexibility index (Phi) is 5.36. The van der Waals surface area contributed by atoms with Crippen molar-refractivity contribution in [2.45, 2.75) is 30.7 Å². The number of nitrogen functional groups attached to an aromatic ring is 1. The zero-order valence-corrected chi connectivity index (χ0v) is 16.9. The minimum atomic E-state index is -3.63. The molecule has 4 rings (SSSR count). The van der Waals surface area contributed by atoms with E-state index >= 15 is 0 Å². The van der Waals surface area contributed by atoms with Crippen LogP contribution in [0.25, 0.3) is 0 Å². The van der Waals surface area contributed by atoms with Crippen LogP contribution in [0.2, 0.25) is 0 Å². The van der Waals surface area contributed by atoms with Crippen molar-refractivity contribution in [1.82, 2.24) is 4.72 Å². The first-order chi connectivity index (χ1) is 12.9. The van der Waals surface area contributed by atoms with Gasteiger partial charge in [-0.25, -0.2) is 8.42 Å². The maximum Gasteiger partial charge on any atom is 0.263 e. The van der Waals surface area contributed by atoms with E-state index in [1.165, 1.54) is 6.07 Å². The largest absolute Gasteiger partial charge is 0.398 e. The van der Waals surface area contributed by atoms with Crippen molar-refractivity contribution in [3.05, 3.63) is 53.6 Å². The molecular weight excluding hydrogens is 400 g/mol. The Morgan fingerprint density at radius 2 is 1.96 bits per heavy atom. The lowest BCUT2D eigenvalue weighted by Gasteiger charge is -2.31. The van der Waals surface area contributed by atoms with E-state index in [0.717, 1.165) is 24.1 Å². The molecular formula is C19H21ClN4O3S. The highest BCUT2D eigenvalue weighted by Gasteiger charge is 2.32. The summed E-state index contributed by atoms with van der Waals surface area (Å²) in [4.78, 5) is 19.3. The number of anilines is 2. The van der Waals surface area contributed by atoms with Gasteiger partial charge in [0.05, 0.1) is 4.90 Å². The standard InChI is InChI=1S/C19H20N4O3S.ClH/c1-12(21-18-14-6-2-3-10-17(14)27(25,26)22-18)19(24)23-11-5-7-13-15(20)8-4-9-16(13)23;/h2-4,6,8-10,12H,5,7,11,20H2,1H3,(H,21,22);1H. The smallest absolute Gasteiger partial charge is 0.263 e. The number of nitrogens with one attached hydrogen (secondary N) is 1. The minimum absolute atomic E-state index is 0. The maximum atomic E-state index is 13.0. The molecule has 0 spiro atoms. The van der Waals surface area contributed by atoms with Gasteiger partial charge in [-0.3, -0.25) is 14.5 Å². The van der Waals surface area contributed by atoms with Gasteiger partial charge < -0.3 is 10.6 Å². The van der Waals surface area contributed by atoms with Gasteiger partial charge in [0.15, 0.2) is 0 Å². The zero-order valence-electron chi connectivity index (χ0n) is 15.3. The van der Waals surface area contributed by atoms with Crippen molar-refractivity contribution in [3.8, 4) is 0 Å². The number of fused-ring (bicyclic) bond motifs is 2. The molecule has 0 bridgehead atoms. The molecule has 0 saturated carbocycles. The number of nitrogens with zero attached hydrogens (tertiary/aromatic N) is 2. The van der Waals surface area contributed by atoms with E-state index in [0.29, 0.717) is 17.8 Å². The van der Waals surface area contributed by atoms with Gasteiger partial charge in [-0.15, -0.1) is 12.4 Å². The molecule has 2 aliphatic heterocycles. The second kappa shape index (κ2) is 7.44. The fraction of sp³-hybridized carbons (Fsp3) is 0.263. The lowest BCUT2D eigenvalue weighted by atomic mass is 9.99. The zero-order chi connectivity index (χ0) is 19.2. The number of hydrogen-bond donors (Lipinski definition) is 2. The Morgan fingerprint density at radius 1 is 1.21 bits per heavy atom. The average molecular weight is 421 g/mol. The predicted octanol–water partition coefficient (Wildman–Crippen LogP) is 2.10. The number of benzene rings is 2. The minimum Gasteiger partial charge on any atom is -0.398 e. The van der Waals surface area contributed by atoms with Gasteiger partial charge in [-0.1, -0.05) is 18.2 Å². The second-order valence-corrected chi connectivity index (χ2v) is 8.34. The van der Waals surface area contributed by atoms with E-state index in [4.69, 9.17) is 5.73 Å². The summed E-state index contributed by atoms with van der Waals surface area (Å²) in [5.74, 6) is 0.0221. The van der Waals surface area contributed by atoms with Gasteiger partial charge in [-0.2, -0.15) is 0 Å². The molecule has 2 heterocycles. The van der Waals surface area contributed by atoms with Gasteiger partial charge in [0.25, 0.3) is 15.9 Å². The van der Waals surface area contributed by atoms with Crippen LogP contribution < -0.4 is 15.4 Å². The molecule has 0 fully saturated rings. The Labute approximate surface area is 170 Å². The highest BCUT2D eigenvalue weighted by atomic mass is 35.5. The summed E-state index contributed by atoms with van der Waals surface area (Å²) in [6, 6.07) is 11.4. The number of carbonyl (C=O) groups is 1. The molecule has 2 aromatic carbocycles. The number of rotatable bonds is 2. The summed E-state index contributed by atoms with van der Waals surface area (Å²) in [6.07, 6.45) is 1.66. The molecule has 3 N–H and O–H groups in total. The van der Waals surface area contributed by atoms with Gasteiger partial charge >= 0.3 is 0 Å². The van der Waals surface area contributed by atoms with Crippen molar-refractivity contribution >= 4 is 45.5 Å². The van der Waals surface area contributed by atoms with Crippen molar-refractivity contribution < 1.29 is 13.2 Å². The van der Waals surface area contributed by atoms with Crippen LogP contribution in [0.4, 0.5) is 11.4 Å². The number of aliphatic imine (C=N–C) groups is 1. The lowest BCUT2D eigenvalue weighted by Crippen LogP contribution is -2.41. The average Bonchev–Trinajstić information content (AvgIpc) is 2.92. The molecule has 9 heteroatoms. The fourth-order valence-electron chi connectivity index (χ4n) is 3.58. The third-order valence-corrected chi connectivity index (χ3v) is 6.29. The molecule has 0 saturated heterocycles. The van der Waals surface area contributed by atoms with Gasteiger partial charge in [0, 0.05) is 23.5 Å². The predicted molar refractivity (Wildman–Crippen MR) is 112 cm³/mol. The maximum absolute atomic E-state index is 13.0. The lowest BCUT2D eigenvalue weighted by molar-refractivity contribution is -0.119. The van der Waals surface area contributed by atoms with Crippen LogP contribution in [0.3, 0.4) is 0 Å². The van der Waals surface area contributed by atoms with E-state index in [2.05, 4.69) is 9.71 Å². The first-order valence-electron chi connectivity index (χ1n) is 8.77. The molecule has 28 heavy (non-hydrogen) atoms. The highest BCUT2D eigenvalue weighted by molar-refractivity contribution is 7.90. The van der Waals surface area contributed by atoms with E-state index < -0.39 is 16.1 Å². The van der Waals surface area contributed by atoms with Crippen LogP contribution in [0.5, 0.6) is 0 Å². The van der Waals surface area contributed by atoms with Gasteiger partial charge in [0.1, 0.15) is 11.9 Å². The van der Waals surface area contributed by atoms with Crippen LogP contribution in [-0.4, -0.2) is 32.7 Å². The molecule has 0 aliphatic carbocycles. The summed E-state index contributed by atoms with van der Waals surface area (Å²) in [5.41, 5.74) is 9.01. The summed E-state index contributed by atoms with van der Waals surface area (Å²) >= 11 is 0. The molecule has 1 unspecified atom stereocenters. The number of carbonyl (C=O) groups excluding carboxylic acids is 1. The van der Waals surface area contributed by atoms with Crippen molar-refractivity contribution in [2.24, 2.45) is 4.99 Å². The fourth-order valence-corrected chi connectivity index (χ4v) is 4.82. The molecule has 0 aromatic heterocycles. The Morgan fingerprint density at radius 3 is 2.75 bits per heavy atom. The van der Waals surface area contributed by atoms with Crippen molar-refractivity contribution in [2.75, 3.05) is 17.2 Å². The Balaban J connectivity index is 0.00000225. The normalized spacial score (nSPS) is 19.2. The number of halogens is 1. The van der Waals surface area contributed by atoms with Gasteiger partial charge in [-0.05, 0) is 49.6 Å². The molecule has 148 valence electrons. The van der Waals surface area contributed by atoms with Crippen LogP contribution in [0.15, 0.2) is 52.4 Å². The SMILES string of the molecule is CC(N=C1NS(=O)(=O)c2ccccc21)C(=O)N1CCCc2c(N)cccc21.Cl. The molecule has 1 atom stereocenters. The summed E-state index contributed by atoms with van der Waals surface area (Å²) in [7, 11) is -3.63. The molecule has 7 nitrogen and oxygen atoms in total. The first kappa shape index (κ1) is 20.2. The summed E-state index contributed by atoms with van der Waals surface area (Å²) in [5, 5.41) is 0. The van der Waals surface area contributed by atoms with E-state index in [1.54, 1.807) is 30.0 Å². The van der Waals surface area contributed by atoms with Crippen molar-refractivity contribution in [3.63, 3.8) is 0 Å². The molecule has 0 radical (unpaired) electrons. The third-order valence-electron chi connectivity index (χ3n) is 4.90. The van der Waals surface area contributed by atoms with E-state index in [-0.39, 0.29) is 29.0 Å². The Bertz CT molecular complexity index is 1070.